The molecule has 2 aromatic rings. The average molecular weight is 290 g/mol. The van der Waals surface area contributed by atoms with E-state index in [-0.39, 0.29) is 0 Å². The molecule has 1 aromatic heterocycles. The van der Waals surface area contributed by atoms with Gasteiger partial charge in [-0.2, -0.15) is 0 Å². The largest absolute Gasteiger partial charge is 0.316 e. The molecular weight excluding hydrogens is 264 g/mol. The van der Waals surface area contributed by atoms with Gasteiger partial charge in [-0.3, -0.25) is 0 Å². The minimum atomic E-state index is 0.548. The van der Waals surface area contributed by atoms with Crippen molar-refractivity contribution in [2.45, 2.75) is 52.0 Å². The zero-order valence-corrected chi connectivity index (χ0v) is 13.7. The Labute approximate surface area is 126 Å². The number of unbranched alkanes of at least 4 members (excludes halogenated alkanes) is 1. The van der Waals surface area contributed by atoms with Gasteiger partial charge < -0.3 is 5.32 Å². The second kappa shape index (κ2) is 7.75. The van der Waals surface area contributed by atoms with Crippen LogP contribution >= 0.6 is 11.3 Å². The van der Waals surface area contributed by atoms with Crippen LogP contribution < -0.4 is 5.32 Å². The highest BCUT2D eigenvalue weighted by Crippen LogP contribution is 2.25. The standard InChI is InChI=1S/C17H26N2S/c1-4-6-9-13(5-2)15(18-3)12-17-19-14-10-7-8-11-16(14)20-17/h7-8,10-11,13,15,18H,4-6,9,12H2,1-3H3. The summed E-state index contributed by atoms with van der Waals surface area (Å²) in [6.45, 7) is 4.58. The molecule has 0 spiro atoms. The Balaban J connectivity index is 2.07. The van der Waals surface area contributed by atoms with Gasteiger partial charge in [0.2, 0.25) is 0 Å². The molecule has 0 aliphatic heterocycles. The summed E-state index contributed by atoms with van der Waals surface area (Å²) in [5.41, 5.74) is 1.14. The fourth-order valence-electron chi connectivity index (χ4n) is 2.86. The van der Waals surface area contributed by atoms with Crippen molar-refractivity contribution < 1.29 is 0 Å². The van der Waals surface area contributed by atoms with Crippen LogP contribution in [0, 0.1) is 5.92 Å². The van der Waals surface area contributed by atoms with Crippen molar-refractivity contribution >= 4 is 21.6 Å². The molecule has 3 heteroatoms. The summed E-state index contributed by atoms with van der Waals surface area (Å²) < 4.78 is 1.30. The minimum absolute atomic E-state index is 0.548. The van der Waals surface area contributed by atoms with Gasteiger partial charge >= 0.3 is 0 Å². The number of rotatable bonds is 8. The summed E-state index contributed by atoms with van der Waals surface area (Å²) in [5, 5.41) is 4.79. The van der Waals surface area contributed by atoms with E-state index in [4.69, 9.17) is 4.98 Å². The van der Waals surface area contributed by atoms with Gasteiger partial charge in [0.05, 0.1) is 15.2 Å². The molecule has 2 atom stereocenters. The molecule has 0 radical (unpaired) electrons. The van der Waals surface area contributed by atoms with Crippen LogP contribution in [0.25, 0.3) is 10.2 Å². The quantitative estimate of drug-likeness (QED) is 0.766. The summed E-state index contributed by atoms with van der Waals surface area (Å²) in [5.74, 6) is 0.756. The maximum Gasteiger partial charge on any atom is 0.0954 e. The van der Waals surface area contributed by atoms with E-state index in [0.717, 1.165) is 17.9 Å². The number of hydrogen-bond acceptors (Lipinski definition) is 3. The molecule has 1 N–H and O–H groups in total. The molecule has 1 aromatic carbocycles. The Hall–Kier alpha value is -0.930. The van der Waals surface area contributed by atoms with Gasteiger partial charge in [-0.25, -0.2) is 4.98 Å². The van der Waals surface area contributed by atoms with Crippen LogP contribution in [-0.4, -0.2) is 18.1 Å². The minimum Gasteiger partial charge on any atom is -0.316 e. The molecule has 2 nitrogen and oxygen atoms in total. The van der Waals surface area contributed by atoms with Crippen LogP contribution in [0.3, 0.4) is 0 Å². The van der Waals surface area contributed by atoms with Gasteiger partial charge in [-0.1, -0.05) is 45.2 Å². The molecule has 0 fully saturated rings. The molecule has 0 aliphatic rings. The molecular formula is C17H26N2S. The average Bonchev–Trinajstić information content (AvgIpc) is 2.89. The second-order valence-electron chi connectivity index (χ2n) is 5.49. The van der Waals surface area contributed by atoms with Crippen LogP contribution in [0.5, 0.6) is 0 Å². The molecule has 2 unspecified atom stereocenters. The first-order valence-electron chi connectivity index (χ1n) is 7.80. The first kappa shape index (κ1) is 15.5. The monoisotopic (exact) mass is 290 g/mol. The van der Waals surface area contributed by atoms with E-state index < -0.39 is 0 Å². The number of likely N-dealkylation sites (N-methyl/N-ethyl adjacent to an activating group) is 1. The smallest absolute Gasteiger partial charge is 0.0954 e. The van der Waals surface area contributed by atoms with E-state index in [1.54, 1.807) is 0 Å². The Kier molecular flexibility index (Phi) is 5.99. The lowest BCUT2D eigenvalue weighted by Crippen LogP contribution is -2.35. The summed E-state index contributed by atoms with van der Waals surface area (Å²) in [7, 11) is 2.09. The number of thiazole rings is 1. The van der Waals surface area contributed by atoms with Crippen molar-refractivity contribution in [3.63, 3.8) is 0 Å². The maximum atomic E-state index is 4.78. The van der Waals surface area contributed by atoms with Crippen molar-refractivity contribution in [3.8, 4) is 0 Å². The fourth-order valence-corrected chi connectivity index (χ4v) is 3.88. The predicted octanol–water partition coefficient (Wildman–Crippen LogP) is 4.64. The highest BCUT2D eigenvalue weighted by atomic mass is 32.1. The normalized spacial score (nSPS) is 14.6. The molecule has 110 valence electrons. The van der Waals surface area contributed by atoms with E-state index in [9.17, 15) is 0 Å². The van der Waals surface area contributed by atoms with E-state index in [2.05, 4.69) is 50.5 Å². The Morgan fingerprint density at radius 3 is 2.70 bits per heavy atom. The molecule has 0 bridgehead atoms. The fraction of sp³-hybridized carbons (Fsp3) is 0.588. The van der Waals surface area contributed by atoms with Gasteiger partial charge in [0, 0.05) is 12.5 Å². The van der Waals surface area contributed by atoms with Gasteiger partial charge in [0.15, 0.2) is 0 Å². The Morgan fingerprint density at radius 1 is 1.25 bits per heavy atom. The third-order valence-electron chi connectivity index (χ3n) is 4.13. The lowest BCUT2D eigenvalue weighted by atomic mass is 9.89. The predicted molar refractivity (Wildman–Crippen MR) is 89.5 cm³/mol. The van der Waals surface area contributed by atoms with Gasteiger partial charge in [-0.15, -0.1) is 11.3 Å². The van der Waals surface area contributed by atoms with Gasteiger partial charge in [0.1, 0.15) is 0 Å². The number of benzene rings is 1. The SMILES string of the molecule is CCCCC(CC)C(Cc1nc2ccccc2s1)NC. The highest BCUT2D eigenvalue weighted by molar-refractivity contribution is 7.18. The van der Waals surface area contributed by atoms with Crippen molar-refractivity contribution in [1.29, 1.82) is 0 Å². The van der Waals surface area contributed by atoms with E-state index in [1.165, 1.54) is 35.4 Å². The first-order chi connectivity index (χ1) is 9.78. The number of nitrogens with one attached hydrogen (secondary N) is 1. The first-order valence-corrected chi connectivity index (χ1v) is 8.61. The van der Waals surface area contributed by atoms with Crippen molar-refractivity contribution in [2.24, 2.45) is 5.92 Å². The third kappa shape index (κ3) is 3.80. The topological polar surface area (TPSA) is 24.9 Å². The zero-order valence-electron chi connectivity index (χ0n) is 12.9. The molecule has 0 amide bonds. The van der Waals surface area contributed by atoms with E-state index in [0.29, 0.717) is 6.04 Å². The Bertz CT molecular complexity index is 487. The van der Waals surface area contributed by atoms with Crippen LogP contribution in [0.1, 0.15) is 44.5 Å². The molecule has 0 saturated heterocycles. The molecule has 0 saturated carbocycles. The maximum absolute atomic E-state index is 4.78. The Morgan fingerprint density at radius 2 is 2.05 bits per heavy atom. The van der Waals surface area contributed by atoms with Gasteiger partial charge in [0.25, 0.3) is 0 Å². The third-order valence-corrected chi connectivity index (χ3v) is 5.18. The van der Waals surface area contributed by atoms with Crippen molar-refractivity contribution in [1.82, 2.24) is 10.3 Å². The lowest BCUT2D eigenvalue weighted by Gasteiger charge is -2.25. The summed E-state index contributed by atoms with van der Waals surface area (Å²) >= 11 is 1.84. The number of para-hydroxylation sites is 1. The number of hydrogen-bond donors (Lipinski definition) is 1. The van der Waals surface area contributed by atoms with Crippen LogP contribution in [0.4, 0.5) is 0 Å². The van der Waals surface area contributed by atoms with Gasteiger partial charge in [-0.05, 0) is 31.5 Å². The highest BCUT2D eigenvalue weighted by Gasteiger charge is 2.19. The lowest BCUT2D eigenvalue weighted by molar-refractivity contribution is 0.330. The summed E-state index contributed by atoms with van der Waals surface area (Å²) in [6.07, 6.45) is 6.24. The zero-order chi connectivity index (χ0) is 14.4. The van der Waals surface area contributed by atoms with Crippen LogP contribution in [0.15, 0.2) is 24.3 Å². The molecule has 0 aliphatic carbocycles. The van der Waals surface area contributed by atoms with E-state index in [1.807, 2.05) is 11.3 Å². The summed E-state index contributed by atoms with van der Waals surface area (Å²) in [6, 6.07) is 8.98. The van der Waals surface area contributed by atoms with Crippen LogP contribution in [0.2, 0.25) is 0 Å². The number of nitrogens with zero attached hydrogens (tertiary/aromatic N) is 1. The molecule has 2 rings (SSSR count). The number of aromatic nitrogens is 1. The molecule has 20 heavy (non-hydrogen) atoms. The summed E-state index contributed by atoms with van der Waals surface area (Å²) in [4.78, 5) is 4.78. The van der Waals surface area contributed by atoms with Crippen LogP contribution in [-0.2, 0) is 6.42 Å². The van der Waals surface area contributed by atoms with E-state index >= 15 is 0 Å². The number of fused-ring (bicyclic) bond motifs is 1. The molecule has 1 heterocycles. The van der Waals surface area contributed by atoms with Crippen molar-refractivity contribution in [3.05, 3.63) is 29.3 Å². The second-order valence-corrected chi connectivity index (χ2v) is 6.60. The van der Waals surface area contributed by atoms with Crippen molar-refractivity contribution in [2.75, 3.05) is 7.05 Å².